The van der Waals surface area contributed by atoms with Crippen molar-refractivity contribution >= 4 is 22.5 Å². The summed E-state index contributed by atoms with van der Waals surface area (Å²) in [4.78, 5) is 25.6. The van der Waals surface area contributed by atoms with E-state index in [1.807, 2.05) is 24.4 Å². The number of nitro benzene ring substituents is 1. The standard InChI is InChI=1S/C18H17N3O4/c1-25-15-5-6-16-13(11-20-17(16)10-15)7-8-19-18(22)12-3-2-4-14(9-12)21(23)24/h2-6,9-11,20H,7-8H2,1H3,(H,19,22). The summed E-state index contributed by atoms with van der Waals surface area (Å²) < 4.78 is 5.19. The number of rotatable bonds is 6. The lowest BCUT2D eigenvalue weighted by molar-refractivity contribution is -0.384. The quantitative estimate of drug-likeness (QED) is 0.533. The number of fused-ring (bicyclic) bond motifs is 1. The fraction of sp³-hybridized carbons (Fsp3) is 0.167. The predicted octanol–water partition coefficient (Wildman–Crippen LogP) is 3.06. The third-order valence-electron chi connectivity index (χ3n) is 3.97. The molecule has 7 heteroatoms. The molecule has 0 radical (unpaired) electrons. The number of carbonyl (C=O) groups is 1. The summed E-state index contributed by atoms with van der Waals surface area (Å²) in [5.74, 6) is 0.449. The molecule has 1 heterocycles. The van der Waals surface area contributed by atoms with Gasteiger partial charge in [0.15, 0.2) is 0 Å². The van der Waals surface area contributed by atoms with Crippen LogP contribution in [0.5, 0.6) is 5.75 Å². The van der Waals surface area contributed by atoms with Crippen LogP contribution < -0.4 is 10.1 Å². The van der Waals surface area contributed by atoms with Gasteiger partial charge in [0.1, 0.15) is 5.75 Å². The molecule has 0 spiro atoms. The topological polar surface area (TPSA) is 97.3 Å². The lowest BCUT2D eigenvalue weighted by atomic mass is 10.1. The molecule has 1 aromatic heterocycles. The van der Waals surface area contributed by atoms with Crippen LogP contribution in [0, 0.1) is 10.1 Å². The van der Waals surface area contributed by atoms with Crippen molar-refractivity contribution in [2.75, 3.05) is 13.7 Å². The predicted molar refractivity (Wildman–Crippen MR) is 94.0 cm³/mol. The average Bonchev–Trinajstić information content (AvgIpc) is 3.03. The highest BCUT2D eigenvalue weighted by molar-refractivity contribution is 5.94. The van der Waals surface area contributed by atoms with Gasteiger partial charge in [0.05, 0.1) is 12.0 Å². The molecule has 128 valence electrons. The molecule has 0 aliphatic rings. The molecule has 3 rings (SSSR count). The number of aromatic amines is 1. The Kier molecular flexibility index (Phi) is 4.65. The molecule has 1 amide bonds. The minimum atomic E-state index is -0.517. The summed E-state index contributed by atoms with van der Waals surface area (Å²) in [6.45, 7) is 0.431. The highest BCUT2D eigenvalue weighted by atomic mass is 16.6. The van der Waals surface area contributed by atoms with E-state index in [0.717, 1.165) is 22.2 Å². The van der Waals surface area contributed by atoms with E-state index in [1.54, 1.807) is 13.2 Å². The smallest absolute Gasteiger partial charge is 0.270 e. The number of benzene rings is 2. The molecule has 0 saturated carbocycles. The van der Waals surface area contributed by atoms with Crippen LogP contribution >= 0.6 is 0 Å². The first-order valence-corrected chi connectivity index (χ1v) is 7.75. The number of non-ortho nitro benzene ring substituents is 1. The first kappa shape index (κ1) is 16.5. The van der Waals surface area contributed by atoms with Crippen molar-refractivity contribution in [1.82, 2.24) is 10.3 Å². The first-order valence-electron chi connectivity index (χ1n) is 7.75. The van der Waals surface area contributed by atoms with Crippen molar-refractivity contribution in [3.8, 4) is 5.75 Å². The molecule has 0 aliphatic heterocycles. The molecule has 0 atom stereocenters. The number of H-pyrrole nitrogens is 1. The highest BCUT2D eigenvalue weighted by Crippen LogP contribution is 2.23. The van der Waals surface area contributed by atoms with Crippen molar-refractivity contribution in [2.45, 2.75) is 6.42 Å². The third kappa shape index (κ3) is 3.60. The third-order valence-corrected chi connectivity index (χ3v) is 3.97. The monoisotopic (exact) mass is 339 g/mol. The zero-order valence-corrected chi connectivity index (χ0v) is 13.6. The van der Waals surface area contributed by atoms with Crippen LogP contribution in [-0.4, -0.2) is 29.5 Å². The number of hydrogen-bond donors (Lipinski definition) is 2. The second kappa shape index (κ2) is 7.04. The van der Waals surface area contributed by atoms with E-state index in [4.69, 9.17) is 4.74 Å². The van der Waals surface area contributed by atoms with Crippen LogP contribution in [0.25, 0.3) is 10.9 Å². The van der Waals surface area contributed by atoms with E-state index < -0.39 is 4.92 Å². The Labute approximate surface area is 143 Å². The Morgan fingerprint density at radius 1 is 1.28 bits per heavy atom. The molecule has 7 nitrogen and oxygen atoms in total. The summed E-state index contributed by atoms with van der Waals surface area (Å²) in [5, 5.41) is 14.6. The number of nitrogens with zero attached hydrogens (tertiary/aromatic N) is 1. The maximum atomic E-state index is 12.1. The van der Waals surface area contributed by atoms with Gasteiger partial charge in [-0.25, -0.2) is 0 Å². The van der Waals surface area contributed by atoms with E-state index in [0.29, 0.717) is 13.0 Å². The van der Waals surface area contributed by atoms with Crippen molar-refractivity contribution in [1.29, 1.82) is 0 Å². The molecule has 0 aliphatic carbocycles. The lowest BCUT2D eigenvalue weighted by Crippen LogP contribution is -2.25. The van der Waals surface area contributed by atoms with Crippen LogP contribution in [-0.2, 0) is 6.42 Å². The summed E-state index contributed by atoms with van der Waals surface area (Å²) in [6, 6.07) is 11.5. The van der Waals surface area contributed by atoms with E-state index >= 15 is 0 Å². The molecule has 0 bridgehead atoms. The van der Waals surface area contributed by atoms with Crippen molar-refractivity contribution in [3.63, 3.8) is 0 Å². The van der Waals surface area contributed by atoms with Crippen LogP contribution in [0.15, 0.2) is 48.7 Å². The van der Waals surface area contributed by atoms with Crippen LogP contribution in [0.1, 0.15) is 15.9 Å². The van der Waals surface area contributed by atoms with Crippen LogP contribution in [0.4, 0.5) is 5.69 Å². The van der Waals surface area contributed by atoms with Gasteiger partial charge in [0.25, 0.3) is 11.6 Å². The fourth-order valence-corrected chi connectivity index (χ4v) is 2.67. The molecule has 2 N–H and O–H groups in total. The van der Waals surface area contributed by atoms with Gasteiger partial charge < -0.3 is 15.0 Å². The van der Waals surface area contributed by atoms with Gasteiger partial charge in [-0.15, -0.1) is 0 Å². The van der Waals surface area contributed by atoms with Crippen molar-refractivity contribution in [3.05, 3.63) is 69.9 Å². The van der Waals surface area contributed by atoms with E-state index in [1.165, 1.54) is 18.2 Å². The Morgan fingerprint density at radius 3 is 2.88 bits per heavy atom. The Balaban J connectivity index is 1.64. The zero-order valence-electron chi connectivity index (χ0n) is 13.6. The number of carbonyl (C=O) groups excluding carboxylic acids is 1. The molecular weight excluding hydrogens is 322 g/mol. The van der Waals surface area contributed by atoms with Gasteiger partial charge in [0, 0.05) is 47.4 Å². The summed E-state index contributed by atoms with van der Waals surface area (Å²) in [7, 11) is 1.62. The zero-order chi connectivity index (χ0) is 17.8. The van der Waals surface area contributed by atoms with Gasteiger partial charge in [-0.1, -0.05) is 6.07 Å². The molecule has 0 saturated heterocycles. The van der Waals surface area contributed by atoms with Crippen LogP contribution in [0.3, 0.4) is 0 Å². The number of aromatic nitrogens is 1. The SMILES string of the molecule is COc1ccc2c(CCNC(=O)c3cccc([N+](=O)[O-])c3)c[nH]c2c1. The van der Waals surface area contributed by atoms with Crippen molar-refractivity contribution in [2.24, 2.45) is 0 Å². The minimum absolute atomic E-state index is 0.0989. The molecule has 3 aromatic rings. The van der Waals surface area contributed by atoms with E-state index in [9.17, 15) is 14.9 Å². The van der Waals surface area contributed by atoms with E-state index in [-0.39, 0.29) is 17.2 Å². The number of amides is 1. The summed E-state index contributed by atoms with van der Waals surface area (Å²) in [6.07, 6.45) is 2.55. The fourth-order valence-electron chi connectivity index (χ4n) is 2.67. The Hall–Kier alpha value is -3.35. The number of ether oxygens (including phenoxy) is 1. The maximum Gasteiger partial charge on any atom is 0.270 e. The molecular formula is C18H17N3O4. The summed E-state index contributed by atoms with van der Waals surface area (Å²) >= 11 is 0. The average molecular weight is 339 g/mol. The molecule has 25 heavy (non-hydrogen) atoms. The summed E-state index contributed by atoms with van der Waals surface area (Å²) in [5.41, 5.74) is 2.23. The Bertz CT molecular complexity index is 933. The van der Waals surface area contributed by atoms with Gasteiger partial charge >= 0.3 is 0 Å². The highest BCUT2D eigenvalue weighted by Gasteiger charge is 2.11. The van der Waals surface area contributed by atoms with Crippen molar-refractivity contribution < 1.29 is 14.5 Å². The molecule has 0 unspecified atom stereocenters. The molecule has 2 aromatic carbocycles. The Morgan fingerprint density at radius 2 is 2.12 bits per heavy atom. The lowest BCUT2D eigenvalue weighted by Gasteiger charge is -2.05. The van der Waals surface area contributed by atoms with E-state index in [2.05, 4.69) is 10.3 Å². The number of methoxy groups -OCH3 is 1. The van der Waals surface area contributed by atoms with Crippen LogP contribution in [0.2, 0.25) is 0 Å². The van der Waals surface area contributed by atoms with Gasteiger partial charge in [-0.05, 0) is 30.2 Å². The number of nitro groups is 1. The number of hydrogen-bond acceptors (Lipinski definition) is 4. The largest absolute Gasteiger partial charge is 0.497 e. The normalized spacial score (nSPS) is 10.6. The van der Waals surface area contributed by atoms with Gasteiger partial charge in [-0.2, -0.15) is 0 Å². The first-order chi connectivity index (χ1) is 12.1. The maximum absolute atomic E-state index is 12.1. The second-order valence-electron chi connectivity index (χ2n) is 5.54. The number of nitrogens with one attached hydrogen (secondary N) is 2. The molecule has 0 fully saturated rings. The minimum Gasteiger partial charge on any atom is -0.497 e. The second-order valence-corrected chi connectivity index (χ2v) is 5.54. The van der Waals surface area contributed by atoms with Gasteiger partial charge in [0.2, 0.25) is 0 Å². The van der Waals surface area contributed by atoms with Gasteiger partial charge in [-0.3, -0.25) is 14.9 Å².